The van der Waals surface area contributed by atoms with Crippen molar-refractivity contribution in [2.45, 2.75) is 0 Å². The Morgan fingerprint density at radius 3 is 1.46 bits per heavy atom. The van der Waals surface area contributed by atoms with Crippen molar-refractivity contribution in [3.63, 3.8) is 0 Å². The van der Waals surface area contributed by atoms with Crippen molar-refractivity contribution in [2.24, 2.45) is 0 Å². The first-order chi connectivity index (χ1) is 23.2. The Bertz CT molecular complexity index is 2460. The Kier molecular flexibility index (Phi) is 6.22. The molecular weight excluding hydrogens is 610 g/mol. The van der Waals surface area contributed by atoms with E-state index in [2.05, 4.69) is 5.32 Å². The predicted octanol–water partition coefficient (Wildman–Crippen LogP) is 7.73. The third-order valence-corrected chi connectivity index (χ3v) is 9.15. The molecule has 1 heterocycles. The maximum atomic E-state index is 11.5. The fourth-order valence-corrected chi connectivity index (χ4v) is 6.94. The van der Waals surface area contributed by atoms with Crippen LogP contribution in [-0.4, -0.2) is 47.4 Å². The van der Waals surface area contributed by atoms with Gasteiger partial charge in [-0.1, -0.05) is 78.9 Å². The number of phenolic OH excluding ortho intramolecular Hbond substituents is 8. The van der Waals surface area contributed by atoms with Gasteiger partial charge < -0.3 is 46.2 Å². The van der Waals surface area contributed by atoms with E-state index < -0.39 is 46.0 Å². The molecule has 0 aromatic heterocycles. The molecule has 0 radical (unpaired) electrons. The highest BCUT2D eigenvalue weighted by molar-refractivity contribution is 6.29. The van der Waals surface area contributed by atoms with Crippen LogP contribution in [0.25, 0.3) is 71.3 Å². The van der Waals surface area contributed by atoms with Crippen LogP contribution in [0.4, 0.5) is 0 Å². The second-order valence-corrected chi connectivity index (χ2v) is 11.7. The summed E-state index contributed by atoms with van der Waals surface area (Å²) >= 11 is 0. The maximum Gasteiger partial charge on any atom is 0.170 e. The number of dihydropyridines is 1. The van der Waals surface area contributed by atoms with E-state index in [-0.39, 0.29) is 33.4 Å². The third-order valence-electron chi connectivity index (χ3n) is 9.15. The standard InChI is InChI=1S/C39H27NO8/c41-32-27(18-5-2-1-3-6-18)33(42)37(46)30(36(32)45)24-17-25(23-12-10-20-8-4-7-19-9-11-22(24)29(23)26(19)20)31-38(47)34(43)28(35(44)39(31)48)21-13-15-40-16-14-21/h1-15,17,40-48H,16H2. The van der Waals surface area contributed by atoms with Gasteiger partial charge in [0.25, 0.3) is 0 Å². The number of hydrogen-bond acceptors (Lipinski definition) is 9. The summed E-state index contributed by atoms with van der Waals surface area (Å²) in [5, 5.41) is 98.2. The van der Waals surface area contributed by atoms with Crippen LogP contribution in [-0.2, 0) is 0 Å². The molecule has 1 aliphatic rings. The Balaban J connectivity index is 1.51. The summed E-state index contributed by atoms with van der Waals surface area (Å²) in [6.07, 6.45) is 4.86. The average molecular weight is 638 g/mol. The van der Waals surface area contributed by atoms with Crippen LogP contribution in [0.5, 0.6) is 46.0 Å². The van der Waals surface area contributed by atoms with E-state index in [0.717, 1.165) is 16.2 Å². The van der Waals surface area contributed by atoms with Gasteiger partial charge >= 0.3 is 0 Å². The predicted molar refractivity (Wildman–Crippen MR) is 185 cm³/mol. The molecule has 7 aromatic rings. The molecule has 7 aromatic carbocycles. The average Bonchev–Trinajstić information content (AvgIpc) is 3.11. The van der Waals surface area contributed by atoms with E-state index in [1.54, 1.807) is 60.8 Å². The highest BCUT2D eigenvalue weighted by Gasteiger charge is 2.31. The van der Waals surface area contributed by atoms with Gasteiger partial charge in [0, 0.05) is 6.54 Å². The fraction of sp³-hybridized carbons (Fsp3) is 0.0256. The third kappa shape index (κ3) is 3.91. The number of allylic oxidation sites excluding steroid dienone is 2. The van der Waals surface area contributed by atoms with E-state index in [9.17, 15) is 40.9 Å². The van der Waals surface area contributed by atoms with Gasteiger partial charge in [0.2, 0.25) is 0 Å². The zero-order valence-corrected chi connectivity index (χ0v) is 25.0. The molecule has 236 valence electrons. The molecule has 0 saturated carbocycles. The quantitative estimate of drug-likeness (QED) is 0.0531. The van der Waals surface area contributed by atoms with E-state index >= 15 is 0 Å². The number of rotatable bonds is 4. The number of aromatic hydroxyl groups is 8. The monoisotopic (exact) mass is 637 g/mol. The lowest BCUT2D eigenvalue weighted by molar-refractivity contribution is 0.373. The number of phenols is 8. The fourth-order valence-electron chi connectivity index (χ4n) is 6.94. The van der Waals surface area contributed by atoms with Crippen LogP contribution in [0.3, 0.4) is 0 Å². The highest BCUT2D eigenvalue weighted by Crippen LogP contribution is 2.59. The van der Waals surface area contributed by atoms with Gasteiger partial charge in [0.15, 0.2) is 46.0 Å². The lowest BCUT2D eigenvalue weighted by Gasteiger charge is -2.22. The first-order valence-corrected chi connectivity index (χ1v) is 15.1. The molecule has 9 heteroatoms. The molecule has 0 atom stereocenters. The molecule has 1 aliphatic heterocycles. The summed E-state index contributed by atoms with van der Waals surface area (Å²) in [7, 11) is 0. The summed E-state index contributed by atoms with van der Waals surface area (Å²) in [5.74, 6) is -5.55. The Hall–Kier alpha value is -6.74. The Labute approximate surface area is 272 Å². The largest absolute Gasteiger partial charge is 0.504 e. The minimum atomic E-state index is -0.718. The molecule has 9 N–H and O–H groups in total. The molecule has 0 saturated heterocycles. The first-order valence-electron chi connectivity index (χ1n) is 15.1. The van der Waals surface area contributed by atoms with E-state index in [4.69, 9.17) is 0 Å². The van der Waals surface area contributed by atoms with Gasteiger partial charge in [0.1, 0.15) is 0 Å². The summed E-state index contributed by atoms with van der Waals surface area (Å²) < 4.78 is 0. The topological polar surface area (TPSA) is 174 Å². The number of nitrogens with one attached hydrogen (secondary N) is 1. The summed E-state index contributed by atoms with van der Waals surface area (Å²) in [5.41, 5.74) is 0.0269. The van der Waals surface area contributed by atoms with Crippen LogP contribution in [0.15, 0.2) is 97.2 Å². The van der Waals surface area contributed by atoms with Crippen molar-refractivity contribution in [2.75, 3.05) is 6.54 Å². The summed E-state index contributed by atoms with van der Waals surface area (Å²) in [6, 6.07) is 22.7. The summed E-state index contributed by atoms with van der Waals surface area (Å²) in [6.45, 7) is 0.391. The SMILES string of the molecule is Oc1c(O)c(-c2cc(-c3c(O)c(O)c(-c4ccccc4)c(O)c3O)c3ccc4cccc5ccc2c3c54)c(O)c(O)c1C1=CCNC=C1. The summed E-state index contributed by atoms with van der Waals surface area (Å²) in [4.78, 5) is 0. The smallest absolute Gasteiger partial charge is 0.170 e. The maximum absolute atomic E-state index is 11.5. The van der Waals surface area contributed by atoms with E-state index in [1.165, 1.54) is 6.07 Å². The zero-order chi connectivity index (χ0) is 33.4. The van der Waals surface area contributed by atoms with Gasteiger partial charge in [-0.2, -0.15) is 0 Å². The lowest BCUT2D eigenvalue weighted by Crippen LogP contribution is -2.08. The number of benzene rings is 7. The molecule has 8 rings (SSSR count). The molecule has 9 nitrogen and oxygen atoms in total. The Morgan fingerprint density at radius 2 is 0.958 bits per heavy atom. The van der Waals surface area contributed by atoms with Gasteiger partial charge in [-0.05, 0) is 72.9 Å². The molecule has 0 unspecified atom stereocenters. The molecule has 48 heavy (non-hydrogen) atoms. The lowest BCUT2D eigenvalue weighted by atomic mass is 9.83. The molecule has 0 bridgehead atoms. The van der Waals surface area contributed by atoms with Crippen LogP contribution in [0, 0.1) is 0 Å². The normalized spacial score (nSPS) is 13.0. The first kappa shape index (κ1) is 28.7. The van der Waals surface area contributed by atoms with Gasteiger partial charge in [-0.25, -0.2) is 0 Å². The number of hydrogen-bond donors (Lipinski definition) is 9. The second-order valence-electron chi connectivity index (χ2n) is 11.7. The van der Waals surface area contributed by atoms with Crippen molar-refractivity contribution in [3.05, 3.63) is 103 Å². The van der Waals surface area contributed by atoms with Crippen molar-refractivity contribution in [1.82, 2.24) is 5.32 Å². The molecule has 0 aliphatic carbocycles. The van der Waals surface area contributed by atoms with Crippen LogP contribution in [0.1, 0.15) is 5.56 Å². The molecule has 0 fully saturated rings. The van der Waals surface area contributed by atoms with E-state index in [0.29, 0.717) is 33.8 Å². The van der Waals surface area contributed by atoms with Gasteiger partial charge in [-0.3, -0.25) is 0 Å². The zero-order valence-electron chi connectivity index (χ0n) is 25.0. The van der Waals surface area contributed by atoms with Crippen molar-refractivity contribution < 1.29 is 40.9 Å². The van der Waals surface area contributed by atoms with Crippen molar-refractivity contribution >= 4 is 37.9 Å². The highest BCUT2D eigenvalue weighted by atomic mass is 16.3. The second kappa shape index (κ2) is 10.4. The van der Waals surface area contributed by atoms with Gasteiger partial charge in [0.05, 0.1) is 22.3 Å². The van der Waals surface area contributed by atoms with Crippen LogP contribution >= 0.6 is 0 Å². The molecule has 0 amide bonds. The molecule has 0 spiro atoms. The van der Waals surface area contributed by atoms with Crippen LogP contribution in [0.2, 0.25) is 0 Å². The molecular formula is C39H27NO8. The Morgan fingerprint density at radius 1 is 0.458 bits per heavy atom. The van der Waals surface area contributed by atoms with Crippen molar-refractivity contribution in [1.29, 1.82) is 0 Å². The van der Waals surface area contributed by atoms with E-state index in [1.807, 2.05) is 30.3 Å². The minimum Gasteiger partial charge on any atom is -0.504 e. The van der Waals surface area contributed by atoms with Crippen LogP contribution < -0.4 is 5.32 Å². The van der Waals surface area contributed by atoms with Gasteiger partial charge in [-0.15, -0.1) is 0 Å². The van der Waals surface area contributed by atoms with Crippen molar-refractivity contribution in [3.8, 4) is 79.4 Å². The minimum absolute atomic E-state index is 0.127.